The highest BCUT2D eigenvalue weighted by molar-refractivity contribution is 9.11. The number of hydrogen-bond donors (Lipinski definition) is 1. The predicted molar refractivity (Wildman–Crippen MR) is 81.2 cm³/mol. The highest BCUT2D eigenvalue weighted by Gasteiger charge is 2.30. The summed E-state index contributed by atoms with van der Waals surface area (Å²) < 4.78 is 38.7. The largest absolute Gasteiger partial charge is 0.416 e. The van der Waals surface area contributed by atoms with Crippen LogP contribution in [0.25, 0.3) is 0 Å². The zero-order valence-electron chi connectivity index (χ0n) is 10.3. The molecule has 21 heavy (non-hydrogen) atoms. The molecule has 110 valence electrons. The smallest absolute Gasteiger partial charge is 0.322 e. The first-order chi connectivity index (χ1) is 9.77. The number of halogens is 5. The van der Waals surface area contributed by atoms with Crippen LogP contribution in [-0.4, -0.2) is 5.91 Å². The first kappa shape index (κ1) is 16.0. The van der Waals surface area contributed by atoms with Crippen LogP contribution in [-0.2, 0) is 6.18 Å². The van der Waals surface area contributed by atoms with E-state index in [4.69, 9.17) is 0 Å². The van der Waals surface area contributed by atoms with Gasteiger partial charge in [-0.1, -0.05) is 15.9 Å². The first-order valence-electron chi connectivity index (χ1n) is 5.71. The van der Waals surface area contributed by atoms with Crippen molar-refractivity contribution in [2.75, 3.05) is 5.32 Å². The molecule has 0 aromatic heterocycles. The third kappa shape index (κ3) is 4.07. The Morgan fingerprint density at radius 1 is 1.00 bits per heavy atom. The minimum Gasteiger partial charge on any atom is -0.322 e. The molecule has 0 saturated heterocycles. The molecule has 0 spiro atoms. The Morgan fingerprint density at radius 3 is 2.14 bits per heavy atom. The van der Waals surface area contributed by atoms with E-state index in [2.05, 4.69) is 37.2 Å². The van der Waals surface area contributed by atoms with Gasteiger partial charge in [-0.15, -0.1) is 0 Å². The first-order valence-corrected chi connectivity index (χ1v) is 7.29. The number of benzene rings is 2. The molecule has 1 amide bonds. The molecule has 2 aromatic carbocycles. The van der Waals surface area contributed by atoms with E-state index >= 15 is 0 Å². The van der Waals surface area contributed by atoms with Crippen LogP contribution in [0.4, 0.5) is 18.9 Å². The van der Waals surface area contributed by atoms with Crippen molar-refractivity contribution in [3.8, 4) is 0 Å². The summed E-state index contributed by atoms with van der Waals surface area (Å²) in [6.07, 6.45) is -4.39. The van der Waals surface area contributed by atoms with Gasteiger partial charge in [0.2, 0.25) is 0 Å². The molecule has 0 saturated carbocycles. The van der Waals surface area contributed by atoms with Crippen molar-refractivity contribution in [2.45, 2.75) is 6.18 Å². The van der Waals surface area contributed by atoms with Crippen molar-refractivity contribution in [2.24, 2.45) is 0 Å². The van der Waals surface area contributed by atoms with Gasteiger partial charge in [0.05, 0.1) is 11.1 Å². The van der Waals surface area contributed by atoms with Gasteiger partial charge >= 0.3 is 6.18 Å². The molecule has 2 rings (SSSR count). The van der Waals surface area contributed by atoms with Gasteiger partial charge in [0.1, 0.15) is 0 Å². The average Bonchev–Trinajstić information content (AvgIpc) is 2.38. The second-order valence-electron chi connectivity index (χ2n) is 4.15. The van der Waals surface area contributed by atoms with Crippen LogP contribution in [0.2, 0.25) is 0 Å². The second-order valence-corrected chi connectivity index (χ2v) is 5.92. The number of alkyl halides is 3. The highest BCUT2D eigenvalue weighted by Crippen LogP contribution is 2.30. The lowest BCUT2D eigenvalue weighted by atomic mass is 10.2. The number of hydrogen-bond acceptors (Lipinski definition) is 1. The summed E-state index contributed by atoms with van der Waals surface area (Å²) in [5.74, 6) is -0.408. The SMILES string of the molecule is O=C(Nc1ccc(C(F)(F)F)cc1)c1ccc(Br)cc1Br. The van der Waals surface area contributed by atoms with Gasteiger partial charge < -0.3 is 5.32 Å². The van der Waals surface area contributed by atoms with Crippen LogP contribution in [0.5, 0.6) is 0 Å². The number of carbonyl (C=O) groups is 1. The number of nitrogens with one attached hydrogen (secondary N) is 1. The summed E-state index contributed by atoms with van der Waals surface area (Å²) in [6, 6.07) is 9.29. The van der Waals surface area contributed by atoms with E-state index in [9.17, 15) is 18.0 Å². The van der Waals surface area contributed by atoms with E-state index in [0.717, 1.165) is 16.6 Å². The molecule has 1 N–H and O–H groups in total. The summed E-state index contributed by atoms with van der Waals surface area (Å²) in [6.45, 7) is 0. The molecule has 0 atom stereocenters. The number of anilines is 1. The third-order valence-electron chi connectivity index (χ3n) is 2.65. The summed E-state index contributed by atoms with van der Waals surface area (Å²) in [5, 5.41) is 2.55. The van der Waals surface area contributed by atoms with Crippen LogP contribution in [0.15, 0.2) is 51.4 Å². The van der Waals surface area contributed by atoms with Crippen LogP contribution in [0, 0.1) is 0 Å². The average molecular weight is 423 g/mol. The highest BCUT2D eigenvalue weighted by atomic mass is 79.9. The fourth-order valence-electron chi connectivity index (χ4n) is 1.61. The quantitative estimate of drug-likeness (QED) is 0.681. The molecular formula is C14H8Br2F3NO. The van der Waals surface area contributed by atoms with E-state index in [-0.39, 0.29) is 0 Å². The van der Waals surface area contributed by atoms with Crippen molar-refractivity contribution in [3.63, 3.8) is 0 Å². The van der Waals surface area contributed by atoms with E-state index in [1.165, 1.54) is 12.1 Å². The Morgan fingerprint density at radius 2 is 1.62 bits per heavy atom. The molecule has 0 radical (unpaired) electrons. The molecule has 7 heteroatoms. The molecule has 0 aliphatic carbocycles. The van der Waals surface area contributed by atoms with E-state index in [1.807, 2.05) is 0 Å². The van der Waals surface area contributed by atoms with Crippen LogP contribution >= 0.6 is 31.9 Å². The van der Waals surface area contributed by atoms with Gasteiger partial charge in [0.15, 0.2) is 0 Å². The molecular weight excluding hydrogens is 415 g/mol. The van der Waals surface area contributed by atoms with E-state index < -0.39 is 17.6 Å². The van der Waals surface area contributed by atoms with Crippen molar-refractivity contribution in [1.82, 2.24) is 0 Å². The topological polar surface area (TPSA) is 29.1 Å². The van der Waals surface area contributed by atoms with Gasteiger partial charge in [0.25, 0.3) is 5.91 Å². The maximum absolute atomic E-state index is 12.4. The van der Waals surface area contributed by atoms with Gasteiger partial charge in [-0.3, -0.25) is 4.79 Å². The maximum atomic E-state index is 12.4. The lowest BCUT2D eigenvalue weighted by Gasteiger charge is -2.09. The number of carbonyl (C=O) groups excluding carboxylic acids is 1. The van der Waals surface area contributed by atoms with Crippen molar-refractivity contribution < 1.29 is 18.0 Å². The Kier molecular flexibility index (Phi) is 4.73. The standard InChI is InChI=1S/C14H8Br2F3NO/c15-9-3-6-11(12(16)7-9)13(21)20-10-4-1-8(2-5-10)14(17,18)19/h1-7H,(H,20,21). The molecule has 0 bridgehead atoms. The predicted octanol–water partition coefficient (Wildman–Crippen LogP) is 5.48. The monoisotopic (exact) mass is 421 g/mol. The third-order valence-corrected chi connectivity index (χ3v) is 3.80. The Hall–Kier alpha value is -1.34. The van der Waals surface area contributed by atoms with Gasteiger partial charge in [-0.05, 0) is 58.4 Å². The second kappa shape index (κ2) is 6.19. The van der Waals surface area contributed by atoms with Crippen molar-refractivity contribution in [1.29, 1.82) is 0 Å². The van der Waals surface area contributed by atoms with E-state index in [0.29, 0.717) is 15.7 Å². The Labute approximate surface area is 135 Å². The van der Waals surface area contributed by atoms with Gasteiger partial charge in [0, 0.05) is 14.6 Å². The fourth-order valence-corrected chi connectivity index (χ4v) is 2.84. The molecule has 0 aliphatic heterocycles. The van der Waals surface area contributed by atoms with Gasteiger partial charge in [-0.25, -0.2) is 0 Å². The lowest BCUT2D eigenvalue weighted by Crippen LogP contribution is -2.13. The Bertz CT molecular complexity index is 669. The molecule has 2 nitrogen and oxygen atoms in total. The zero-order chi connectivity index (χ0) is 15.6. The van der Waals surface area contributed by atoms with Crippen molar-refractivity contribution >= 4 is 43.5 Å². The molecule has 0 aliphatic rings. The summed E-state index contributed by atoms with van der Waals surface area (Å²) >= 11 is 6.53. The summed E-state index contributed by atoms with van der Waals surface area (Å²) in [5.41, 5.74) is -0.0776. The Balaban J connectivity index is 2.16. The lowest BCUT2D eigenvalue weighted by molar-refractivity contribution is -0.137. The molecule has 0 heterocycles. The van der Waals surface area contributed by atoms with Crippen LogP contribution < -0.4 is 5.32 Å². The fraction of sp³-hybridized carbons (Fsp3) is 0.0714. The number of amides is 1. The minimum atomic E-state index is -4.39. The maximum Gasteiger partial charge on any atom is 0.416 e. The summed E-state index contributed by atoms with van der Waals surface area (Å²) in [4.78, 5) is 12.0. The van der Waals surface area contributed by atoms with Crippen LogP contribution in [0.3, 0.4) is 0 Å². The normalized spacial score (nSPS) is 11.3. The summed E-state index contributed by atoms with van der Waals surface area (Å²) in [7, 11) is 0. The van der Waals surface area contributed by atoms with Gasteiger partial charge in [-0.2, -0.15) is 13.2 Å². The minimum absolute atomic E-state index is 0.294. The molecule has 2 aromatic rings. The number of rotatable bonds is 2. The molecule has 0 unspecified atom stereocenters. The van der Waals surface area contributed by atoms with Crippen LogP contribution in [0.1, 0.15) is 15.9 Å². The zero-order valence-corrected chi connectivity index (χ0v) is 13.5. The van der Waals surface area contributed by atoms with Crippen molar-refractivity contribution in [3.05, 3.63) is 62.5 Å². The van der Waals surface area contributed by atoms with E-state index in [1.54, 1.807) is 18.2 Å². The molecule has 0 fully saturated rings.